The van der Waals surface area contributed by atoms with Gasteiger partial charge >= 0.3 is 8.80 Å². The van der Waals surface area contributed by atoms with Crippen LogP contribution in [-0.2, 0) is 13.0 Å². The second-order valence-corrected chi connectivity index (χ2v) is 5.98. The second kappa shape index (κ2) is 4.18. The van der Waals surface area contributed by atoms with Crippen LogP contribution in [0, 0.1) is 0 Å². The molecule has 0 radical (unpaired) electrons. The van der Waals surface area contributed by atoms with E-state index in [1.54, 1.807) is 14.2 Å². The van der Waals surface area contributed by atoms with E-state index in [-0.39, 0.29) is 0 Å². The van der Waals surface area contributed by atoms with Gasteiger partial charge in [-0.3, -0.25) is 0 Å². The van der Waals surface area contributed by atoms with E-state index in [2.05, 4.69) is 6.55 Å². The Kier molecular flexibility index (Phi) is 4.33. The third kappa shape index (κ3) is 3.12. The maximum atomic E-state index is 5.36. The molecular formula is C4H14O3Si2. The van der Waals surface area contributed by atoms with Crippen molar-refractivity contribution < 1.29 is 13.0 Å². The monoisotopic (exact) mass is 166 g/mol. The predicted octanol–water partition coefficient (Wildman–Crippen LogP) is -0.00360. The van der Waals surface area contributed by atoms with E-state index in [4.69, 9.17) is 13.0 Å². The molecular weight excluding hydrogens is 152 g/mol. The largest absolute Gasteiger partial charge is 0.486 e. The Morgan fingerprint density at radius 3 is 1.78 bits per heavy atom. The van der Waals surface area contributed by atoms with Crippen molar-refractivity contribution >= 4 is 18.6 Å². The Morgan fingerprint density at radius 1 is 1.22 bits per heavy atom. The lowest BCUT2D eigenvalue weighted by Crippen LogP contribution is -2.40. The Bertz CT molecular complexity index is 74.2. The second-order valence-electron chi connectivity index (χ2n) is 1.70. The predicted molar refractivity (Wildman–Crippen MR) is 41.1 cm³/mol. The number of hydrogen-bond acceptors (Lipinski definition) is 3. The van der Waals surface area contributed by atoms with Crippen LogP contribution >= 0.6 is 0 Å². The third-order valence-corrected chi connectivity index (χ3v) is 5.88. The lowest BCUT2D eigenvalue weighted by atomic mass is 11.8. The van der Waals surface area contributed by atoms with Crippen LogP contribution in [0.25, 0.3) is 0 Å². The zero-order valence-corrected chi connectivity index (χ0v) is 8.85. The molecule has 0 saturated carbocycles. The lowest BCUT2D eigenvalue weighted by molar-refractivity contribution is 0.173. The summed E-state index contributed by atoms with van der Waals surface area (Å²) in [4.78, 5) is 0. The summed E-state index contributed by atoms with van der Waals surface area (Å²) in [7, 11) is 0.714. The van der Waals surface area contributed by atoms with Gasteiger partial charge in [-0.2, -0.15) is 0 Å². The average Bonchev–Trinajstić information content (AvgIpc) is 1.89. The van der Waals surface area contributed by atoms with Gasteiger partial charge in [0.05, 0.1) is 0 Å². The molecule has 3 nitrogen and oxygen atoms in total. The molecule has 0 aromatic carbocycles. The molecule has 56 valence electrons. The van der Waals surface area contributed by atoms with E-state index >= 15 is 0 Å². The van der Waals surface area contributed by atoms with Crippen molar-refractivity contribution in [3.8, 4) is 0 Å². The number of rotatable bonds is 4. The lowest BCUT2D eigenvalue weighted by Gasteiger charge is -2.21. The van der Waals surface area contributed by atoms with Gasteiger partial charge in [0.15, 0.2) is 0 Å². The summed E-state index contributed by atoms with van der Waals surface area (Å²) >= 11 is 0. The van der Waals surface area contributed by atoms with Gasteiger partial charge in [0, 0.05) is 20.8 Å². The van der Waals surface area contributed by atoms with Gasteiger partial charge in [-0.1, -0.05) is 6.55 Å². The first kappa shape index (κ1) is 9.31. The van der Waals surface area contributed by atoms with Gasteiger partial charge in [0.1, 0.15) is 9.76 Å². The van der Waals surface area contributed by atoms with Gasteiger partial charge < -0.3 is 13.0 Å². The van der Waals surface area contributed by atoms with Crippen LogP contribution in [0.1, 0.15) is 0 Å². The maximum Gasteiger partial charge on any atom is 0.486 e. The zero-order valence-electron chi connectivity index (χ0n) is 6.43. The molecule has 5 heteroatoms. The number of hydrogen-bond donors (Lipinski definition) is 0. The first-order chi connectivity index (χ1) is 4.18. The Labute approximate surface area is 59.6 Å². The molecule has 0 atom stereocenters. The Morgan fingerprint density at radius 2 is 1.67 bits per heavy atom. The van der Waals surface area contributed by atoms with Crippen LogP contribution in [0.3, 0.4) is 0 Å². The molecule has 9 heavy (non-hydrogen) atoms. The van der Waals surface area contributed by atoms with Crippen LogP contribution in [0.4, 0.5) is 0 Å². The van der Waals surface area contributed by atoms with E-state index in [0.717, 1.165) is 0 Å². The Hall–Kier alpha value is 0.314. The molecule has 0 aromatic rings. The minimum atomic E-state index is -2.14. The van der Waals surface area contributed by atoms with Crippen molar-refractivity contribution in [1.82, 2.24) is 0 Å². The van der Waals surface area contributed by atoms with Crippen LogP contribution < -0.4 is 0 Å². The van der Waals surface area contributed by atoms with Gasteiger partial charge in [-0.25, -0.2) is 0 Å². The SMILES string of the molecule is CO[Si](C)(OC)O[SiH2]C. The molecule has 0 fully saturated rings. The smallest absolute Gasteiger partial charge is 0.422 e. The average molecular weight is 166 g/mol. The topological polar surface area (TPSA) is 27.7 Å². The van der Waals surface area contributed by atoms with Gasteiger partial charge in [-0.15, -0.1) is 0 Å². The first-order valence-corrected chi connectivity index (χ1v) is 7.14. The van der Waals surface area contributed by atoms with Gasteiger partial charge in [0.25, 0.3) is 0 Å². The minimum absolute atomic E-state index is 0.400. The fourth-order valence-corrected chi connectivity index (χ4v) is 3.67. The minimum Gasteiger partial charge on any atom is -0.422 e. The highest BCUT2D eigenvalue weighted by Gasteiger charge is 2.29. The third-order valence-electron chi connectivity index (χ3n) is 1.15. The molecule has 0 aliphatic rings. The summed E-state index contributed by atoms with van der Waals surface area (Å²) in [5.41, 5.74) is 0. The van der Waals surface area contributed by atoms with Crippen LogP contribution in [-0.4, -0.2) is 32.8 Å². The molecule has 0 amide bonds. The highest BCUT2D eigenvalue weighted by molar-refractivity contribution is 6.64. The summed E-state index contributed by atoms with van der Waals surface area (Å²) in [5.74, 6) is 0. The molecule has 0 aromatic heterocycles. The van der Waals surface area contributed by atoms with Crippen molar-refractivity contribution in [1.29, 1.82) is 0 Å². The molecule has 0 heterocycles. The highest BCUT2D eigenvalue weighted by atomic mass is 28.4. The summed E-state index contributed by atoms with van der Waals surface area (Å²) in [6, 6.07) is 0. The summed E-state index contributed by atoms with van der Waals surface area (Å²) < 4.78 is 15.5. The van der Waals surface area contributed by atoms with Crippen molar-refractivity contribution in [2.24, 2.45) is 0 Å². The molecule has 0 saturated heterocycles. The first-order valence-electron chi connectivity index (χ1n) is 2.92. The molecule has 0 bridgehead atoms. The van der Waals surface area contributed by atoms with E-state index in [9.17, 15) is 0 Å². The van der Waals surface area contributed by atoms with E-state index in [1.807, 2.05) is 6.55 Å². The van der Waals surface area contributed by atoms with E-state index < -0.39 is 18.6 Å². The van der Waals surface area contributed by atoms with E-state index in [0.29, 0.717) is 0 Å². The standard InChI is InChI=1S/C4H14O3Si2/c1-5-9(4,6-2)7-8-3/h8H2,1-4H3. The normalized spacial score (nSPS) is 13.3. The quantitative estimate of drug-likeness (QED) is 0.550. The van der Waals surface area contributed by atoms with Crippen LogP contribution in [0.2, 0.25) is 13.1 Å². The van der Waals surface area contributed by atoms with Crippen molar-refractivity contribution in [3.05, 3.63) is 0 Å². The summed E-state index contributed by atoms with van der Waals surface area (Å²) in [6.07, 6.45) is 0. The fraction of sp³-hybridized carbons (Fsp3) is 1.00. The Balaban J connectivity index is 3.62. The molecule has 0 aliphatic carbocycles. The summed E-state index contributed by atoms with van der Waals surface area (Å²) in [6.45, 7) is 3.95. The fourth-order valence-electron chi connectivity index (χ4n) is 0.463. The molecule has 0 unspecified atom stereocenters. The van der Waals surface area contributed by atoms with Crippen molar-refractivity contribution in [2.75, 3.05) is 14.2 Å². The van der Waals surface area contributed by atoms with Crippen molar-refractivity contribution in [2.45, 2.75) is 13.1 Å². The molecule has 0 N–H and O–H groups in total. The maximum absolute atomic E-state index is 5.36. The molecule has 0 aliphatic heterocycles. The zero-order chi connectivity index (χ0) is 7.33. The van der Waals surface area contributed by atoms with Crippen LogP contribution in [0.5, 0.6) is 0 Å². The molecule has 0 rings (SSSR count). The van der Waals surface area contributed by atoms with Crippen LogP contribution in [0.15, 0.2) is 0 Å². The van der Waals surface area contributed by atoms with Gasteiger partial charge in [-0.05, 0) is 0 Å². The van der Waals surface area contributed by atoms with Crippen molar-refractivity contribution in [3.63, 3.8) is 0 Å². The summed E-state index contributed by atoms with van der Waals surface area (Å²) in [5, 5.41) is 0. The van der Waals surface area contributed by atoms with E-state index in [1.165, 1.54) is 0 Å². The van der Waals surface area contributed by atoms with Gasteiger partial charge in [0.2, 0.25) is 0 Å². The highest BCUT2D eigenvalue weighted by Crippen LogP contribution is 2.03. The molecule has 0 spiro atoms.